The number of benzene rings is 3. The van der Waals surface area contributed by atoms with E-state index in [-0.39, 0.29) is 61.8 Å². The van der Waals surface area contributed by atoms with Crippen molar-refractivity contribution in [3.63, 3.8) is 0 Å². The minimum absolute atomic E-state index is 0. The second-order valence-corrected chi connectivity index (χ2v) is 14.2. The van der Waals surface area contributed by atoms with Crippen LogP contribution in [0.5, 0.6) is 0 Å². The summed E-state index contributed by atoms with van der Waals surface area (Å²) in [5.74, 6) is 0.893. The third-order valence-corrected chi connectivity index (χ3v) is 8.87. The van der Waals surface area contributed by atoms with Gasteiger partial charge in [-0.25, -0.2) is 0 Å². The van der Waals surface area contributed by atoms with E-state index in [1.807, 2.05) is 0 Å². The Bertz CT molecular complexity index is 1560. The van der Waals surface area contributed by atoms with Gasteiger partial charge in [0, 0.05) is 0 Å². The maximum atomic E-state index is 4.45. The van der Waals surface area contributed by atoms with Gasteiger partial charge in [-0.2, -0.15) is 12.3 Å². The fraction of sp³-hybridized carbons (Fsp3) is 0.390. The van der Waals surface area contributed by atoms with Gasteiger partial charge in [0.15, 0.2) is 0 Å². The zero-order valence-electron chi connectivity index (χ0n) is 27.5. The van der Waals surface area contributed by atoms with Gasteiger partial charge in [-0.05, 0) is 22.5 Å². The van der Waals surface area contributed by atoms with Gasteiger partial charge in [-0.1, -0.05) is 175 Å². The van der Waals surface area contributed by atoms with Crippen molar-refractivity contribution in [3.8, 4) is 11.1 Å². The molecule has 0 heterocycles. The summed E-state index contributed by atoms with van der Waals surface area (Å²) < 4.78 is 0. The Morgan fingerprint density at radius 2 is 1.52 bits per heavy atom. The Kier molecular flexibility index (Phi) is 14.2. The quantitative estimate of drug-likeness (QED) is 0.285. The van der Waals surface area contributed by atoms with Crippen LogP contribution in [0.4, 0.5) is 0 Å². The SMILES string of the molecule is C=c1cc2c(c(C3=CC=CC3)c1C(C)(C)C)=[C-]c1cc(C(C)(C)C)ccc1-2.[Cl-].[Cl-].[Zr+4].c1ccc(C[CH-]C2CCCCC2)cc1. The molecule has 1 saturated carbocycles. The molecule has 3 aliphatic carbocycles. The van der Waals surface area contributed by atoms with Crippen LogP contribution in [0.2, 0.25) is 0 Å². The Morgan fingerprint density at radius 1 is 0.841 bits per heavy atom. The monoisotopic (exact) mass is 700 g/mol. The Hall–Kier alpha value is -1.66. The predicted molar refractivity (Wildman–Crippen MR) is 179 cm³/mol. The topological polar surface area (TPSA) is 0 Å². The average molecular weight is 703 g/mol. The maximum absolute atomic E-state index is 4.45. The van der Waals surface area contributed by atoms with Gasteiger partial charge in [0.2, 0.25) is 0 Å². The predicted octanol–water partition coefficient (Wildman–Crippen LogP) is 3.74. The molecule has 3 heteroatoms. The van der Waals surface area contributed by atoms with Gasteiger partial charge in [0.1, 0.15) is 0 Å². The molecule has 0 aromatic heterocycles. The summed E-state index contributed by atoms with van der Waals surface area (Å²) in [6.07, 6.45) is 22.3. The van der Waals surface area contributed by atoms with Gasteiger partial charge in [-0.3, -0.25) is 0 Å². The van der Waals surface area contributed by atoms with E-state index in [1.165, 1.54) is 81.8 Å². The third kappa shape index (κ3) is 8.99. The smallest absolute Gasteiger partial charge is 1.00 e. The minimum atomic E-state index is 0. The molecule has 0 N–H and O–H groups in total. The summed E-state index contributed by atoms with van der Waals surface area (Å²) in [5, 5.41) is 2.39. The first-order valence-electron chi connectivity index (χ1n) is 15.7. The summed E-state index contributed by atoms with van der Waals surface area (Å²) in [6, 6.07) is 19.9. The summed E-state index contributed by atoms with van der Waals surface area (Å²) in [6.45, 7) is 18.1. The Balaban J connectivity index is 0.000000340. The maximum Gasteiger partial charge on any atom is 4.00 e. The van der Waals surface area contributed by atoms with Crippen molar-refractivity contribution in [2.45, 2.75) is 97.3 Å². The van der Waals surface area contributed by atoms with E-state index in [1.54, 1.807) is 0 Å². The van der Waals surface area contributed by atoms with Crippen molar-refractivity contribution in [2.24, 2.45) is 5.92 Å². The van der Waals surface area contributed by atoms with Gasteiger partial charge in [-0.15, -0.1) is 34.1 Å². The fourth-order valence-electron chi connectivity index (χ4n) is 6.66. The largest absolute Gasteiger partial charge is 4.00 e. The number of fused-ring (bicyclic) bond motifs is 3. The molecule has 6 rings (SSSR count). The third-order valence-electron chi connectivity index (χ3n) is 8.87. The average Bonchev–Trinajstić information content (AvgIpc) is 3.60. The molecule has 0 nitrogen and oxygen atoms in total. The van der Waals surface area contributed by atoms with Crippen LogP contribution in [0.3, 0.4) is 0 Å². The van der Waals surface area contributed by atoms with Crippen LogP contribution in [0, 0.1) is 12.3 Å². The van der Waals surface area contributed by atoms with Crippen LogP contribution in [-0.2, 0) is 43.5 Å². The van der Waals surface area contributed by atoms with Crippen LogP contribution < -0.4 is 35.3 Å². The van der Waals surface area contributed by atoms with Crippen LogP contribution >= 0.6 is 0 Å². The summed E-state index contributed by atoms with van der Waals surface area (Å²) in [5.41, 5.74) is 10.9. The molecule has 0 amide bonds. The standard InChI is InChI=1S/C27H29.C14H19.2ClH.Zr/c1-17-14-22-21-13-12-20(26(2,3)4)15-19(21)16-23(22)24(18-10-8-9-11-18)25(17)27(5,6)7;1-3-7-13(8-4-1)11-12-14-9-5-2-6-10-14;;;/h8-10,12-15H,1,11H2,2-7H3;1,3-4,7-8,12,14H,2,5-6,9-11H2;2*1H;/q2*-1;;;+4/p-2. The molecule has 0 saturated heterocycles. The van der Waals surface area contributed by atoms with Crippen LogP contribution in [-0.4, -0.2) is 0 Å². The zero-order chi connectivity index (χ0) is 29.2. The van der Waals surface area contributed by atoms with Crippen molar-refractivity contribution < 1.29 is 51.0 Å². The van der Waals surface area contributed by atoms with Crippen molar-refractivity contribution >= 4 is 18.2 Å². The molecule has 3 aliphatic rings. The minimum Gasteiger partial charge on any atom is -1.00 e. The van der Waals surface area contributed by atoms with E-state index in [0.29, 0.717) is 0 Å². The van der Waals surface area contributed by atoms with Gasteiger partial charge < -0.3 is 31.2 Å². The van der Waals surface area contributed by atoms with Crippen LogP contribution in [0.15, 0.2) is 72.8 Å². The molecule has 0 aliphatic heterocycles. The molecular weight excluding hydrogens is 655 g/mol. The Morgan fingerprint density at radius 3 is 2.11 bits per heavy atom. The van der Waals surface area contributed by atoms with E-state index < -0.39 is 0 Å². The fourth-order valence-corrected chi connectivity index (χ4v) is 6.66. The van der Waals surface area contributed by atoms with Crippen LogP contribution in [0.1, 0.15) is 108 Å². The van der Waals surface area contributed by atoms with Crippen molar-refractivity contribution in [2.75, 3.05) is 0 Å². The van der Waals surface area contributed by atoms with Gasteiger partial charge >= 0.3 is 26.2 Å². The molecule has 3 aromatic carbocycles. The van der Waals surface area contributed by atoms with Crippen LogP contribution in [0.25, 0.3) is 29.4 Å². The molecule has 230 valence electrons. The first-order valence-corrected chi connectivity index (χ1v) is 15.7. The number of allylic oxidation sites excluding steroid dienone is 4. The first-order chi connectivity index (χ1) is 19.5. The Labute approximate surface area is 299 Å². The molecule has 0 atom stereocenters. The molecule has 0 bridgehead atoms. The molecule has 0 unspecified atom stereocenters. The van der Waals surface area contributed by atoms with Crippen molar-refractivity contribution in [1.82, 2.24) is 0 Å². The summed E-state index contributed by atoms with van der Waals surface area (Å²) >= 11 is 0. The second-order valence-electron chi connectivity index (χ2n) is 14.2. The molecule has 3 aromatic rings. The van der Waals surface area contributed by atoms with Gasteiger partial charge in [0.05, 0.1) is 0 Å². The number of hydrogen-bond donors (Lipinski definition) is 0. The van der Waals surface area contributed by atoms with E-state index in [4.69, 9.17) is 0 Å². The van der Waals surface area contributed by atoms with Crippen molar-refractivity contribution in [3.05, 3.63) is 118 Å². The summed E-state index contributed by atoms with van der Waals surface area (Å²) in [7, 11) is 0. The van der Waals surface area contributed by atoms with E-state index >= 15 is 0 Å². The molecular formula is C41H48Cl2Zr. The first kappa shape index (κ1) is 38.5. The molecule has 1 fully saturated rings. The zero-order valence-corrected chi connectivity index (χ0v) is 31.5. The molecule has 44 heavy (non-hydrogen) atoms. The molecule has 0 spiro atoms. The van der Waals surface area contributed by atoms with E-state index in [0.717, 1.165) is 24.0 Å². The van der Waals surface area contributed by atoms with E-state index in [2.05, 4.69) is 133 Å². The molecule has 0 radical (unpaired) electrons. The van der Waals surface area contributed by atoms with Crippen molar-refractivity contribution in [1.29, 1.82) is 0 Å². The normalized spacial score (nSPS) is 15.3. The van der Waals surface area contributed by atoms with Gasteiger partial charge in [0.25, 0.3) is 0 Å². The number of hydrogen-bond acceptors (Lipinski definition) is 0. The second kappa shape index (κ2) is 16.3. The number of halogens is 2. The van der Waals surface area contributed by atoms with E-state index in [9.17, 15) is 0 Å². The summed E-state index contributed by atoms with van der Waals surface area (Å²) in [4.78, 5) is 0. The number of rotatable bonds is 4.